The lowest BCUT2D eigenvalue weighted by Gasteiger charge is -2.18. The Balaban J connectivity index is 1.29. The minimum absolute atomic E-state index is 0.114. The molecule has 3 aromatic carbocycles. The molecule has 1 aliphatic carbocycles. The average molecular weight is 542 g/mol. The molecule has 4 rings (SSSR count). The summed E-state index contributed by atoms with van der Waals surface area (Å²) in [7, 11) is -3.65. The highest BCUT2D eigenvalue weighted by Crippen LogP contribution is 2.52. The second-order valence-electron chi connectivity index (χ2n) is 8.78. The van der Waals surface area contributed by atoms with Gasteiger partial charge in [-0.25, -0.2) is 8.42 Å². The van der Waals surface area contributed by atoms with Gasteiger partial charge in [0.1, 0.15) is 12.1 Å². The van der Waals surface area contributed by atoms with Gasteiger partial charge >= 0.3 is 11.9 Å². The van der Waals surface area contributed by atoms with E-state index in [-0.39, 0.29) is 36.3 Å². The van der Waals surface area contributed by atoms with Gasteiger partial charge in [-0.15, -0.1) is 0 Å². The second kappa shape index (κ2) is 11.5. The molecule has 0 bridgehead atoms. The summed E-state index contributed by atoms with van der Waals surface area (Å²) in [6.07, 6.45) is 0.503. The average Bonchev–Trinajstić information content (AvgIpc) is 3.65. The SMILES string of the molecule is CCOC(=O)C1(NCC(=O)OCCS(=O)(=O)c2ccc(-c3ccc(Cl)cc3)cc2)CC1c1ccccc1. The predicted molar refractivity (Wildman–Crippen MR) is 141 cm³/mol. The standard InChI is InChI=1S/C28H28ClNO6S/c1-2-35-27(32)28(18-25(28)22-6-4-3-5-7-22)30-19-26(31)36-16-17-37(33,34)24-14-10-21(11-15-24)20-8-12-23(29)13-9-20/h3-15,25,30H,2,16-19H2,1H3. The minimum Gasteiger partial charge on any atom is -0.465 e. The van der Waals surface area contributed by atoms with Gasteiger partial charge < -0.3 is 9.47 Å². The predicted octanol–water partition coefficient (Wildman–Crippen LogP) is 4.40. The number of esters is 2. The van der Waals surface area contributed by atoms with Crippen LogP contribution in [0.25, 0.3) is 11.1 Å². The molecule has 0 spiro atoms. The molecule has 9 heteroatoms. The minimum atomic E-state index is -3.65. The van der Waals surface area contributed by atoms with Crippen molar-refractivity contribution in [2.75, 3.05) is 25.5 Å². The van der Waals surface area contributed by atoms with Crippen molar-refractivity contribution in [3.8, 4) is 11.1 Å². The maximum atomic E-state index is 12.7. The van der Waals surface area contributed by atoms with Crippen LogP contribution in [0.15, 0.2) is 83.8 Å². The summed E-state index contributed by atoms with van der Waals surface area (Å²) < 4.78 is 35.8. The zero-order chi connectivity index (χ0) is 26.5. The molecule has 1 saturated carbocycles. The van der Waals surface area contributed by atoms with E-state index in [0.717, 1.165) is 16.7 Å². The highest BCUT2D eigenvalue weighted by Gasteiger charge is 2.61. The monoisotopic (exact) mass is 541 g/mol. The van der Waals surface area contributed by atoms with Crippen LogP contribution < -0.4 is 5.32 Å². The molecule has 3 aromatic rings. The molecule has 0 heterocycles. The molecule has 194 valence electrons. The lowest BCUT2D eigenvalue weighted by atomic mass is 10.1. The Morgan fingerprint density at radius 1 is 0.946 bits per heavy atom. The van der Waals surface area contributed by atoms with Crippen molar-refractivity contribution in [1.29, 1.82) is 0 Å². The van der Waals surface area contributed by atoms with Crippen molar-refractivity contribution < 1.29 is 27.5 Å². The summed E-state index contributed by atoms with van der Waals surface area (Å²) in [6, 6.07) is 23.3. The Kier molecular flexibility index (Phi) is 8.32. The molecule has 2 unspecified atom stereocenters. The maximum absolute atomic E-state index is 12.7. The fourth-order valence-corrected chi connectivity index (χ4v) is 5.48. The van der Waals surface area contributed by atoms with Gasteiger partial charge in [-0.05, 0) is 54.3 Å². The third-order valence-corrected chi connectivity index (χ3v) is 8.30. The van der Waals surface area contributed by atoms with Crippen molar-refractivity contribution in [2.24, 2.45) is 0 Å². The molecule has 0 saturated heterocycles. The Hall–Kier alpha value is -3.20. The highest BCUT2D eigenvalue weighted by molar-refractivity contribution is 7.91. The number of carbonyl (C=O) groups is 2. The van der Waals surface area contributed by atoms with Crippen molar-refractivity contribution >= 4 is 33.4 Å². The van der Waals surface area contributed by atoms with Crippen LogP contribution in [0.2, 0.25) is 5.02 Å². The van der Waals surface area contributed by atoms with Crippen LogP contribution in [0.3, 0.4) is 0 Å². The largest absolute Gasteiger partial charge is 0.465 e. The zero-order valence-corrected chi connectivity index (χ0v) is 21.9. The summed E-state index contributed by atoms with van der Waals surface area (Å²) in [5, 5.41) is 3.62. The van der Waals surface area contributed by atoms with E-state index in [0.29, 0.717) is 11.4 Å². The number of carbonyl (C=O) groups excluding carboxylic acids is 2. The van der Waals surface area contributed by atoms with Crippen molar-refractivity contribution in [2.45, 2.75) is 29.7 Å². The van der Waals surface area contributed by atoms with Gasteiger partial charge in [0.2, 0.25) is 0 Å². The van der Waals surface area contributed by atoms with Gasteiger partial charge in [-0.2, -0.15) is 0 Å². The van der Waals surface area contributed by atoms with E-state index in [9.17, 15) is 18.0 Å². The van der Waals surface area contributed by atoms with E-state index in [4.69, 9.17) is 21.1 Å². The maximum Gasteiger partial charge on any atom is 0.327 e. The zero-order valence-electron chi connectivity index (χ0n) is 20.4. The Bertz CT molecular complexity index is 1340. The van der Waals surface area contributed by atoms with Gasteiger partial charge in [0.05, 0.1) is 23.8 Å². The van der Waals surface area contributed by atoms with Crippen molar-refractivity contribution in [3.63, 3.8) is 0 Å². The van der Waals surface area contributed by atoms with E-state index in [1.165, 1.54) is 12.1 Å². The lowest BCUT2D eigenvalue weighted by molar-refractivity contribution is -0.148. The Morgan fingerprint density at radius 2 is 1.57 bits per heavy atom. The van der Waals surface area contributed by atoms with Crippen LogP contribution in [-0.2, 0) is 28.9 Å². The van der Waals surface area contributed by atoms with Gasteiger partial charge in [-0.1, -0.05) is 66.2 Å². The van der Waals surface area contributed by atoms with Crippen LogP contribution in [0, 0.1) is 0 Å². The first-order valence-electron chi connectivity index (χ1n) is 12.0. The molecule has 1 N–H and O–H groups in total. The number of ether oxygens (including phenoxy) is 2. The van der Waals surface area contributed by atoms with Crippen LogP contribution >= 0.6 is 11.6 Å². The number of hydrogen-bond donors (Lipinski definition) is 1. The summed E-state index contributed by atoms with van der Waals surface area (Å²) in [5.41, 5.74) is 1.76. The quantitative estimate of drug-likeness (QED) is 0.359. The summed E-state index contributed by atoms with van der Waals surface area (Å²) in [4.78, 5) is 25.1. The topological polar surface area (TPSA) is 98.8 Å². The van der Waals surface area contributed by atoms with E-state index < -0.39 is 27.3 Å². The molecule has 0 aromatic heterocycles. The molecule has 2 atom stereocenters. The van der Waals surface area contributed by atoms with E-state index in [2.05, 4.69) is 5.32 Å². The fourth-order valence-electron chi connectivity index (χ4n) is 4.26. The van der Waals surface area contributed by atoms with Crippen molar-refractivity contribution in [3.05, 3.63) is 89.4 Å². The van der Waals surface area contributed by atoms with Gasteiger partial charge in [0.25, 0.3) is 0 Å². The van der Waals surface area contributed by atoms with Crippen LogP contribution in [0.4, 0.5) is 0 Å². The molecule has 1 aliphatic rings. The smallest absolute Gasteiger partial charge is 0.327 e. The van der Waals surface area contributed by atoms with E-state index in [1.807, 2.05) is 42.5 Å². The van der Waals surface area contributed by atoms with Crippen LogP contribution in [0.5, 0.6) is 0 Å². The molecular formula is C28H28ClNO6S. The first-order valence-corrected chi connectivity index (χ1v) is 14.0. The second-order valence-corrected chi connectivity index (χ2v) is 11.3. The van der Waals surface area contributed by atoms with Gasteiger partial charge in [0, 0.05) is 10.9 Å². The third-order valence-electron chi connectivity index (χ3n) is 6.36. The number of nitrogens with one attached hydrogen (secondary N) is 1. The first kappa shape index (κ1) is 26.9. The summed E-state index contributed by atoms with van der Waals surface area (Å²) >= 11 is 5.92. The van der Waals surface area contributed by atoms with Gasteiger partial charge in [-0.3, -0.25) is 14.9 Å². The molecule has 1 fully saturated rings. The third kappa shape index (κ3) is 6.39. The lowest BCUT2D eigenvalue weighted by Crippen LogP contribution is -2.45. The van der Waals surface area contributed by atoms with Crippen molar-refractivity contribution in [1.82, 2.24) is 5.32 Å². The summed E-state index contributed by atoms with van der Waals surface area (Å²) in [5.74, 6) is -1.52. The Morgan fingerprint density at radius 3 is 2.19 bits per heavy atom. The van der Waals surface area contributed by atoms with Crippen LogP contribution in [-0.4, -0.2) is 51.4 Å². The molecular weight excluding hydrogens is 514 g/mol. The molecule has 0 radical (unpaired) electrons. The van der Waals surface area contributed by atoms with Crippen LogP contribution in [0.1, 0.15) is 24.8 Å². The first-order chi connectivity index (χ1) is 17.7. The highest BCUT2D eigenvalue weighted by atomic mass is 35.5. The normalized spacial score (nSPS) is 18.7. The Labute approximate surface area is 221 Å². The fraction of sp³-hybridized carbons (Fsp3) is 0.286. The van der Waals surface area contributed by atoms with E-state index >= 15 is 0 Å². The number of hydrogen-bond acceptors (Lipinski definition) is 7. The summed E-state index contributed by atoms with van der Waals surface area (Å²) in [6.45, 7) is 1.42. The number of halogens is 1. The molecule has 37 heavy (non-hydrogen) atoms. The number of rotatable bonds is 11. The van der Waals surface area contributed by atoms with E-state index in [1.54, 1.807) is 31.2 Å². The number of sulfone groups is 1. The number of benzene rings is 3. The molecule has 7 nitrogen and oxygen atoms in total. The molecule has 0 amide bonds. The van der Waals surface area contributed by atoms with Gasteiger partial charge in [0.15, 0.2) is 9.84 Å². The molecule has 0 aliphatic heterocycles.